The van der Waals surface area contributed by atoms with Gasteiger partial charge in [-0.2, -0.15) is 0 Å². The molecule has 0 bridgehead atoms. The Kier molecular flexibility index (Phi) is 5.26. The first kappa shape index (κ1) is 15.9. The predicted octanol–water partition coefficient (Wildman–Crippen LogP) is 4.81. The number of halogens is 2. The molecule has 0 radical (unpaired) electrons. The second-order valence-corrected chi connectivity index (χ2v) is 5.93. The summed E-state index contributed by atoms with van der Waals surface area (Å²) in [6.45, 7) is 2.56. The summed E-state index contributed by atoms with van der Waals surface area (Å²) in [7, 11) is 1.37. The topological polar surface area (TPSA) is 38.3 Å². The zero-order valence-electron chi connectivity index (χ0n) is 11.7. The van der Waals surface area contributed by atoms with Gasteiger partial charge in [0, 0.05) is 21.7 Å². The van der Waals surface area contributed by atoms with Crippen molar-refractivity contribution in [1.82, 2.24) is 0 Å². The summed E-state index contributed by atoms with van der Waals surface area (Å²) in [5, 5.41) is 4.03. The molecule has 0 unspecified atom stereocenters. The highest BCUT2D eigenvalue weighted by atomic mass is 79.9. The molecule has 0 saturated carbocycles. The Morgan fingerprint density at radius 2 is 2.05 bits per heavy atom. The van der Waals surface area contributed by atoms with Crippen LogP contribution < -0.4 is 5.32 Å². The molecule has 0 atom stereocenters. The molecule has 0 heterocycles. The number of methoxy groups -OCH3 is 1. The lowest BCUT2D eigenvalue weighted by Crippen LogP contribution is -2.05. The molecule has 0 aliphatic rings. The van der Waals surface area contributed by atoms with Crippen LogP contribution in [0.5, 0.6) is 0 Å². The molecule has 2 rings (SSSR count). The molecular formula is C16H15BrClNO2. The molecule has 2 aromatic carbocycles. The summed E-state index contributed by atoms with van der Waals surface area (Å²) in [6, 6.07) is 11.2. The van der Waals surface area contributed by atoms with E-state index in [4.69, 9.17) is 16.3 Å². The van der Waals surface area contributed by atoms with Crippen molar-refractivity contribution >= 4 is 39.2 Å². The average Bonchev–Trinajstić information content (AvgIpc) is 2.46. The summed E-state index contributed by atoms with van der Waals surface area (Å²) in [6.07, 6.45) is 0. The Labute approximate surface area is 137 Å². The monoisotopic (exact) mass is 367 g/mol. The van der Waals surface area contributed by atoms with Crippen LogP contribution in [0.25, 0.3) is 0 Å². The molecular weight excluding hydrogens is 354 g/mol. The van der Waals surface area contributed by atoms with Gasteiger partial charge in [-0.3, -0.25) is 0 Å². The molecule has 0 aromatic heterocycles. The minimum Gasteiger partial charge on any atom is -0.465 e. The van der Waals surface area contributed by atoms with E-state index in [1.165, 1.54) is 7.11 Å². The summed E-state index contributed by atoms with van der Waals surface area (Å²) in [4.78, 5) is 11.5. The quantitative estimate of drug-likeness (QED) is 0.787. The molecule has 3 nitrogen and oxygen atoms in total. The second kappa shape index (κ2) is 6.96. The van der Waals surface area contributed by atoms with Crippen molar-refractivity contribution in [3.05, 3.63) is 62.6 Å². The van der Waals surface area contributed by atoms with Gasteiger partial charge in [-0.1, -0.05) is 33.6 Å². The van der Waals surface area contributed by atoms with Crippen LogP contribution in [0.1, 0.15) is 21.5 Å². The maximum Gasteiger partial charge on any atom is 0.337 e. The fraction of sp³-hybridized carbons (Fsp3) is 0.188. The molecule has 5 heteroatoms. The number of nitrogens with one attached hydrogen (secondary N) is 1. The average molecular weight is 369 g/mol. The Morgan fingerprint density at radius 1 is 1.29 bits per heavy atom. The predicted molar refractivity (Wildman–Crippen MR) is 89.0 cm³/mol. The van der Waals surface area contributed by atoms with Gasteiger partial charge in [0.2, 0.25) is 0 Å². The molecule has 0 aliphatic heterocycles. The van der Waals surface area contributed by atoms with Crippen molar-refractivity contribution in [2.24, 2.45) is 0 Å². The maximum atomic E-state index is 11.5. The third kappa shape index (κ3) is 3.99. The van der Waals surface area contributed by atoms with Crippen LogP contribution in [-0.4, -0.2) is 13.1 Å². The minimum atomic E-state index is -0.333. The number of hydrogen-bond donors (Lipinski definition) is 1. The van der Waals surface area contributed by atoms with Gasteiger partial charge in [0.05, 0.1) is 12.7 Å². The van der Waals surface area contributed by atoms with E-state index in [1.54, 1.807) is 12.1 Å². The highest BCUT2D eigenvalue weighted by molar-refractivity contribution is 9.10. The lowest BCUT2D eigenvalue weighted by atomic mass is 10.1. The van der Waals surface area contributed by atoms with E-state index in [2.05, 4.69) is 21.2 Å². The third-order valence-corrected chi connectivity index (χ3v) is 3.98. The van der Waals surface area contributed by atoms with Crippen LogP contribution in [-0.2, 0) is 11.3 Å². The zero-order chi connectivity index (χ0) is 15.4. The first-order valence-electron chi connectivity index (χ1n) is 6.38. The Balaban J connectivity index is 2.11. The van der Waals surface area contributed by atoms with Crippen molar-refractivity contribution in [3.8, 4) is 0 Å². The van der Waals surface area contributed by atoms with E-state index in [9.17, 15) is 4.79 Å². The fourth-order valence-corrected chi connectivity index (χ4v) is 2.70. The number of carbonyl (C=O) groups is 1. The first-order valence-corrected chi connectivity index (χ1v) is 7.55. The number of aryl methyl sites for hydroxylation is 1. The van der Waals surface area contributed by atoms with E-state index in [0.717, 1.165) is 21.3 Å². The second-order valence-electron chi connectivity index (χ2n) is 4.61. The van der Waals surface area contributed by atoms with Gasteiger partial charge in [-0.25, -0.2) is 4.79 Å². The largest absolute Gasteiger partial charge is 0.465 e. The van der Waals surface area contributed by atoms with Gasteiger partial charge >= 0.3 is 5.97 Å². The number of ether oxygens (including phenoxy) is 1. The highest BCUT2D eigenvalue weighted by Crippen LogP contribution is 2.23. The van der Waals surface area contributed by atoms with E-state index < -0.39 is 0 Å². The third-order valence-electron chi connectivity index (χ3n) is 3.13. The van der Waals surface area contributed by atoms with E-state index in [1.807, 2.05) is 31.2 Å². The van der Waals surface area contributed by atoms with Crippen molar-refractivity contribution < 1.29 is 9.53 Å². The standard InChI is InChI=1S/C16H15BrClNO2/c1-10-7-11(16(20)21-2)4-6-15(10)19-9-12-3-5-13(17)8-14(12)18/h3-8,19H,9H2,1-2H3. The van der Waals surface area contributed by atoms with Crippen LogP contribution >= 0.6 is 27.5 Å². The van der Waals surface area contributed by atoms with Crippen molar-refractivity contribution in [1.29, 1.82) is 0 Å². The molecule has 0 amide bonds. The van der Waals surface area contributed by atoms with Crippen LogP contribution in [0, 0.1) is 6.92 Å². The molecule has 0 spiro atoms. The lowest BCUT2D eigenvalue weighted by molar-refractivity contribution is 0.0600. The molecule has 110 valence electrons. The number of carbonyl (C=O) groups excluding carboxylic acids is 1. The fourth-order valence-electron chi connectivity index (χ4n) is 1.96. The lowest BCUT2D eigenvalue weighted by Gasteiger charge is -2.12. The van der Waals surface area contributed by atoms with Gasteiger partial charge < -0.3 is 10.1 Å². The number of benzene rings is 2. The summed E-state index contributed by atoms with van der Waals surface area (Å²) in [5.41, 5.74) is 3.49. The normalized spacial score (nSPS) is 10.3. The minimum absolute atomic E-state index is 0.333. The van der Waals surface area contributed by atoms with Crippen molar-refractivity contribution in [3.63, 3.8) is 0 Å². The van der Waals surface area contributed by atoms with Crippen LogP contribution in [0.4, 0.5) is 5.69 Å². The number of rotatable bonds is 4. The summed E-state index contributed by atoms with van der Waals surface area (Å²) < 4.78 is 5.66. The van der Waals surface area contributed by atoms with E-state index in [0.29, 0.717) is 17.1 Å². The molecule has 2 aromatic rings. The number of anilines is 1. The SMILES string of the molecule is COC(=O)c1ccc(NCc2ccc(Br)cc2Cl)c(C)c1. The summed E-state index contributed by atoms with van der Waals surface area (Å²) >= 11 is 9.57. The van der Waals surface area contributed by atoms with Crippen molar-refractivity contribution in [2.45, 2.75) is 13.5 Å². The molecule has 0 saturated heterocycles. The van der Waals surface area contributed by atoms with Gasteiger partial charge in [0.1, 0.15) is 0 Å². The molecule has 0 aliphatic carbocycles. The molecule has 1 N–H and O–H groups in total. The van der Waals surface area contributed by atoms with E-state index in [-0.39, 0.29) is 5.97 Å². The van der Waals surface area contributed by atoms with Gasteiger partial charge in [0.25, 0.3) is 0 Å². The zero-order valence-corrected chi connectivity index (χ0v) is 14.1. The van der Waals surface area contributed by atoms with Gasteiger partial charge in [-0.15, -0.1) is 0 Å². The van der Waals surface area contributed by atoms with E-state index >= 15 is 0 Å². The van der Waals surface area contributed by atoms with Crippen LogP contribution in [0.3, 0.4) is 0 Å². The Hall–Kier alpha value is -1.52. The maximum absolute atomic E-state index is 11.5. The Morgan fingerprint density at radius 3 is 2.67 bits per heavy atom. The van der Waals surface area contributed by atoms with Crippen LogP contribution in [0.15, 0.2) is 40.9 Å². The molecule has 0 fully saturated rings. The Bertz CT molecular complexity index is 673. The van der Waals surface area contributed by atoms with Gasteiger partial charge in [-0.05, 0) is 48.4 Å². The first-order chi connectivity index (χ1) is 10.0. The number of esters is 1. The summed E-state index contributed by atoms with van der Waals surface area (Å²) in [5.74, 6) is -0.333. The number of hydrogen-bond acceptors (Lipinski definition) is 3. The smallest absolute Gasteiger partial charge is 0.337 e. The van der Waals surface area contributed by atoms with Crippen molar-refractivity contribution in [2.75, 3.05) is 12.4 Å². The van der Waals surface area contributed by atoms with Crippen LogP contribution in [0.2, 0.25) is 5.02 Å². The highest BCUT2D eigenvalue weighted by Gasteiger charge is 2.08. The molecule has 21 heavy (non-hydrogen) atoms. The van der Waals surface area contributed by atoms with Gasteiger partial charge in [0.15, 0.2) is 0 Å².